The average Bonchev–Trinajstić information content (AvgIpc) is 3.29. The number of hydrogen-bond donors (Lipinski definition) is 0. The minimum Gasteiger partial charge on any atom is -0.462 e. The molecule has 0 heterocycles. The van der Waals surface area contributed by atoms with Crippen LogP contribution in [0.4, 0.5) is 0 Å². The first kappa shape index (κ1) is 59.8. The van der Waals surface area contributed by atoms with E-state index in [0.717, 1.165) is 135 Å². The molecule has 360 valence electrons. The van der Waals surface area contributed by atoms with Gasteiger partial charge >= 0.3 is 17.9 Å². The molecule has 0 aromatic carbocycles. The molecule has 0 amide bonds. The Balaban J connectivity index is 4.51. The normalized spacial score (nSPS) is 13.1. The van der Waals surface area contributed by atoms with E-state index >= 15 is 0 Å². The first-order valence-corrected chi connectivity index (χ1v) is 25.5. The Hall–Kier alpha value is -4.19. The second-order valence-corrected chi connectivity index (χ2v) is 16.3. The smallest absolute Gasteiger partial charge is 0.306 e. The molecular formula is C58H92O6. The SMILES string of the molecule is CC/C=C\C/C=C\C/C=C\C/C=C\C/C=C\CCCCCC(=O)OCC(COC(=O)CCCCCCC/C=C\CCCC)OC(=O)CCCCC/C=C\C/C=C\C/C=C\C/C=C\CC. The molecule has 0 saturated heterocycles. The van der Waals surface area contributed by atoms with Gasteiger partial charge in [0.05, 0.1) is 0 Å². The van der Waals surface area contributed by atoms with Crippen LogP contribution < -0.4 is 0 Å². The highest BCUT2D eigenvalue weighted by atomic mass is 16.6. The molecule has 0 fully saturated rings. The van der Waals surface area contributed by atoms with Crippen LogP contribution in [-0.4, -0.2) is 37.2 Å². The van der Waals surface area contributed by atoms with Gasteiger partial charge in [-0.25, -0.2) is 0 Å². The number of carbonyl (C=O) groups excluding carboxylic acids is 3. The number of carbonyl (C=O) groups is 3. The highest BCUT2D eigenvalue weighted by Crippen LogP contribution is 2.12. The zero-order chi connectivity index (χ0) is 46.5. The zero-order valence-corrected chi connectivity index (χ0v) is 41.0. The number of esters is 3. The van der Waals surface area contributed by atoms with Gasteiger partial charge in [0, 0.05) is 19.3 Å². The van der Waals surface area contributed by atoms with Crippen molar-refractivity contribution in [1.82, 2.24) is 0 Å². The fourth-order valence-electron chi connectivity index (χ4n) is 6.38. The number of rotatable bonds is 44. The maximum absolute atomic E-state index is 12.8. The molecule has 0 aliphatic carbocycles. The van der Waals surface area contributed by atoms with Gasteiger partial charge in [-0.3, -0.25) is 14.4 Å². The zero-order valence-electron chi connectivity index (χ0n) is 41.0. The average molecular weight is 885 g/mol. The van der Waals surface area contributed by atoms with Crippen molar-refractivity contribution >= 4 is 17.9 Å². The highest BCUT2D eigenvalue weighted by Gasteiger charge is 2.19. The predicted octanol–water partition coefficient (Wildman–Crippen LogP) is 16.9. The second kappa shape index (κ2) is 51.4. The summed E-state index contributed by atoms with van der Waals surface area (Å²) in [5.74, 6) is -0.993. The van der Waals surface area contributed by atoms with Crippen molar-refractivity contribution in [3.05, 3.63) is 122 Å². The topological polar surface area (TPSA) is 78.9 Å². The van der Waals surface area contributed by atoms with Crippen LogP contribution in [0.5, 0.6) is 0 Å². The largest absolute Gasteiger partial charge is 0.462 e. The van der Waals surface area contributed by atoms with Crippen LogP contribution in [-0.2, 0) is 28.6 Å². The highest BCUT2D eigenvalue weighted by molar-refractivity contribution is 5.71. The Morgan fingerprint density at radius 1 is 0.328 bits per heavy atom. The molecule has 6 heteroatoms. The van der Waals surface area contributed by atoms with E-state index in [1.807, 2.05) is 0 Å². The quantitative estimate of drug-likeness (QED) is 0.0262. The molecule has 6 nitrogen and oxygen atoms in total. The lowest BCUT2D eigenvalue weighted by molar-refractivity contribution is -0.167. The molecule has 1 unspecified atom stereocenters. The predicted molar refractivity (Wildman–Crippen MR) is 274 cm³/mol. The number of ether oxygens (including phenoxy) is 3. The third-order valence-corrected chi connectivity index (χ3v) is 10.2. The van der Waals surface area contributed by atoms with Crippen LogP contribution in [0.3, 0.4) is 0 Å². The lowest BCUT2D eigenvalue weighted by atomic mass is 10.1. The van der Waals surface area contributed by atoms with E-state index in [-0.39, 0.29) is 37.5 Å². The third-order valence-electron chi connectivity index (χ3n) is 10.2. The minimum atomic E-state index is -0.814. The van der Waals surface area contributed by atoms with E-state index < -0.39 is 6.10 Å². The first-order chi connectivity index (χ1) is 31.5. The summed E-state index contributed by atoms with van der Waals surface area (Å²) in [5, 5.41) is 0. The monoisotopic (exact) mass is 885 g/mol. The van der Waals surface area contributed by atoms with E-state index in [0.29, 0.717) is 19.3 Å². The summed E-state index contributed by atoms with van der Waals surface area (Å²) >= 11 is 0. The maximum atomic E-state index is 12.8. The summed E-state index contributed by atoms with van der Waals surface area (Å²) in [4.78, 5) is 37.9. The summed E-state index contributed by atoms with van der Waals surface area (Å²) in [6.45, 7) is 6.29. The van der Waals surface area contributed by atoms with Gasteiger partial charge in [0.15, 0.2) is 6.10 Å². The van der Waals surface area contributed by atoms with Crippen molar-refractivity contribution < 1.29 is 28.6 Å². The Kier molecular flexibility index (Phi) is 48.1. The molecule has 1 atom stereocenters. The fourth-order valence-corrected chi connectivity index (χ4v) is 6.38. The van der Waals surface area contributed by atoms with Gasteiger partial charge in [-0.05, 0) is 122 Å². The van der Waals surface area contributed by atoms with Gasteiger partial charge in [-0.1, -0.05) is 187 Å². The Labute approximate surface area is 392 Å². The maximum Gasteiger partial charge on any atom is 0.306 e. The van der Waals surface area contributed by atoms with Crippen molar-refractivity contribution in [2.45, 2.75) is 213 Å². The molecule has 0 aliphatic rings. The molecule has 0 aliphatic heterocycles. The Morgan fingerprint density at radius 2 is 0.609 bits per heavy atom. The minimum absolute atomic E-state index is 0.110. The third kappa shape index (κ3) is 48.8. The number of hydrogen-bond acceptors (Lipinski definition) is 6. The van der Waals surface area contributed by atoms with Crippen LogP contribution in [0.15, 0.2) is 122 Å². The van der Waals surface area contributed by atoms with E-state index in [1.54, 1.807) is 0 Å². The van der Waals surface area contributed by atoms with Crippen LogP contribution in [0.25, 0.3) is 0 Å². The lowest BCUT2D eigenvalue weighted by Crippen LogP contribution is -2.30. The van der Waals surface area contributed by atoms with Crippen LogP contribution in [0.1, 0.15) is 207 Å². The van der Waals surface area contributed by atoms with Crippen molar-refractivity contribution in [3.8, 4) is 0 Å². The van der Waals surface area contributed by atoms with Crippen LogP contribution in [0.2, 0.25) is 0 Å². The van der Waals surface area contributed by atoms with Crippen molar-refractivity contribution in [2.24, 2.45) is 0 Å². The molecule has 0 saturated carbocycles. The van der Waals surface area contributed by atoms with E-state index in [4.69, 9.17) is 14.2 Å². The molecule has 0 rings (SSSR count). The Morgan fingerprint density at radius 3 is 0.984 bits per heavy atom. The fraction of sp³-hybridized carbons (Fsp3) is 0.603. The van der Waals surface area contributed by atoms with Crippen LogP contribution in [0, 0.1) is 0 Å². The molecular weight excluding hydrogens is 793 g/mol. The lowest BCUT2D eigenvalue weighted by Gasteiger charge is -2.18. The van der Waals surface area contributed by atoms with Gasteiger partial charge in [0.1, 0.15) is 13.2 Å². The standard InChI is InChI=1S/C58H92O6/c1-4-7-10-13-16-19-22-24-26-28-29-30-32-33-36-39-42-45-48-51-57(60)63-54-55(53-62-56(59)50-47-44-41-38-35-21-18-15-12-9-6-3)64-58(61)52-49-46-43-40-37-34-31-27-25-23-20-17-14-11-8-5-2/h7-8,10-11,15-20,24-27,29-30,33-34,36-37,55H,4-6,9,12-14,21-23,28,31-32,35,38-54H2,1-3H3/b10-7-,11-8-,18-15-,19-16-,20-17-,26-24-,27-25-,30-29-,36-33-,37-34-. The van der Waals surface area contributed by atoms with Gasteiger partial charge in [0.2, 0.25) is 0 Å². The van der Waals surface area contributed by atoms with Crippen molar-refractivity contribution in [1.29, 1.82) is 0 Å². The van der Waals surface area contributed by atoms with E-state index in [2.05, 4.69) is 142 Å². The van der Waals surface area contributed by atoms with Gasteiger partial charge in [0.25, 0.3) is 0 Å². The molecule has 0 spiro atoms. The molecule has 0 radical (unpaired) electrons. The summed E-state index contributed by atoms with van der Waals surface area (Å²) in [7, 11) is 0. The molecule has 0 N–H and O–H groups in total. The van der Waals surface area contributed by atoms with Crippen LogP contribution >= 0.6 is 0 Å². The van der Waals surface area contributed by atoms with Gasteiger partial charge < -0.3 is 14.2 Å². The Bertz CT molecular complexity index is 1390. The van der Waals surface area contributed by atoms with E-state index in [9.17, 15) is 14.4 Å². The molecule has 0 bridgehead atoms. The van der Waals surface area contributed by atoms with Gasteiger partial charge in [-0.2, -0.15) is 0 Å². The summed E-state index contributed by atoms with van der Waals surface area (Å²) in [6.07, 6.45) is 70.4. The second-order valence-electron chi connectivity index (χ2n) is 16.3. The van der Waals surface area contributed by atoms with Crippen molar-refractivity contribution in [3.63, 3.8) is 0 Å². The molecule has 0 aromatic heterocycles. The van der Waals surface area contributed by atoms with Gasteiger partial charge in [-0.15, -0.1) is 0 Å². The van der Waals surface area contributed by atoms with E-state index in [1.165, 1.54) is 25.7 Å². The van der Waals surface area contributed by atoms with Crippen molar-refractivity contribution in [2.75, 3.05) is 13.2 Å². The molecule has 0 aromatic rings. The summed E-state index contributed by atoms with van der Waals surface area (Å²) < 4.78 is 16.7. The number of allylic oxidation sites excluding steroid dienone is 20. The summed E-state index contributed by atoms with van der Waals surface area (Å²) in [6, 6.07) is 0. The molecule has 64 heavy (non-hydrogen) atoms. The summed E-state index contributed by atoms with van der Waals surface area (Å²) in [5.41, 5.74) is 0. The first-order valence-electron chi connectivity index (χ1n) is 25.5. The number of unbranched alkanes of at least 4 members (excludes halogenated alkanes) is 13.